The second kappa shape index (κ2) is 8.98. The molecule has 6 nitrogen and oxygen atoms in total. The fourth-order valence-electron chi connectivity index (χ4n) is 2.56. The molecule has 0 radical (unpaired) electrons. The van der Waals surface area contributed by atoms with Crippen LogP contribution in [-0.2, 0) is 20.5 Å². The molecular weight excluding hydrogens is 414 g/mol. The van der Waals surface area contributed by atoms with E-state index >= 15 is 0 Å². The van der Waals surface area contributed by atoms with Gasteiger partial charge in [0.15, 0.2) is 5.75 Å². The zero-order valence-corrected chi connectivity index (χ0v) is 17.0. The number of ether oxygens (including phenoxy) is 2. The zero-order valence-electron chi connectivity index (χ0n) is 15.5. The third-order valence-corrected chi connectivity index (χ3v) is 5.39. The number of sulfonamides is 1. The maximum Gasteiger partial charge on any atom is 0.337 e. The van der Waals surface area contributed by atoms with Gasteiger partial charge in [-0.3, -0.25) is 4.72 Å². The lowest BCUT2D eigenvalue weighted by Gasteiger charge is -2.14. The number of hydrogen-bond acceptors (Lipinski definition) is 5. The standard InChI is InChI=1S/C21H18ClNO5S/c1-27-21(24)16-9-7-15(8-10-16)14-29(25,26)23-19-13-17(22)11-12-20(19)28-18-5-3-2-4-6-18/h2-13,23H,14H2,1H3. The number of carbonyl (C=O) groups is 1. The molecule has 0 aliphatic carbocycles. The fourth-order valence-corrected chi connectivity index (χ4v) is 3.93. The van der Waals surface area contributed by atoms with Gasteiger partial charge in [0, 0.05) is 5.02 Å². The Hall–Kier alpha value is -3.03. The monoisotopic (exact) mass is 431 g/mol. The normalized spacial score (nSPS) is 11.0. The molecule has 29 heavy (non-hydrogen) atoms. The minimum absolute atomic E-state index is 0.229. The minimum atomic E-state index is -3.76. The number of nitrogens with one attached hydrogen (secondary N) is 1. The molecule has 0 saturated heterocycles. The Morgan fingerprint density at radius 1 is 1.00 bits per heavy atom. The highest BCUT2D eigenvalue weighted by Crippen LogP contribution is 2.33. The lowest BCUT2D eigenvalue weighted by Crippen LogP contribution is -2.15. The van der Waals surface area contributed by atoms with Crippen LogP contribution in [-0.4, -0.2) is 21.5 Å². The number of methoxy groups -OCH3 is 1. The molecule has 8 heteroatoms. The largest absolute Gasteiger partial charge is 0.465 e. The quantitative estimate of drug-likeness (QED) is 0.540. The first-order valence-corrected chi connectivity index (χ1v) is 10.6. The number of esters is 1. The predicted octanol–water partition coefficient (Wildman–Crippen LogP) is 4.86. The summed E-state index contributed by atoms with van der Waals surface area (Å²) in [6.45, 7) is 0. The average Bonchev–Trinajstić information content (AvgIpc) is 2.70. The summed E-state index contributed by atoms with van der Waals surface area (Å²) in [5, 5.41) is 0.366. The predicted molar refractivity (Wildman–Crippen MR) is 112 cm³/mol. The molecule has 150 valence electrons. The minimum Gasteiger partial charge on any atom is -0.465 e. The van der Waals surface area contributed by atoms with Crippen LogP contribution in [0.2, 0.25) is 5.02 Å². The lowest BCUT2D eigenvalue weighted by atomic mass is 10.1. The van der Waals surface area contributed by atoms with Gasteiger partial charge >= 0.3 is 5.97 Å². The molecule has 0 heterocycles. The number of anilines is 1. The number of hydrogen-bond donors (Lipinski definition) is 1. The van der Waals surface area contributed by atoms with Crippen molar-refractivity contribution in [3.63, 3.8) is 0 Å². The van der Waals surface area contributed by atoms with Gasteiger partial charge in [0.05, 0.1) is 24.1 Å². The van der Waals surface area contributed by atoms with Gasteiger partial charge in [-0.2, -0.15) is 0 Å². The van der Waals surface area contributed by atoms with Crippen molar-refractivity contribution in [2.75, 3.05) is 11.8 Å². The van der Waals surface area contributed by atoms with Gasteiger partial charge < -0.3 is 9.47 Å². The summed E-state index contributed by atoms with van der Waals surface area (Å²) < 4.78 is 38.2. The molecule has 0 aliphatic heterocycles. The van der Waals surface area contributed by atoms with Crippen LogP contribution < -0.4 is 9.46 Å². The Bertz CT molecular complexity index is 1100. The number of halogens is 1. The first-order chi connectivity index (χ1) is 13.9. The number of rotatable bonds is 7. The Morgan fingerprint density at radius 3 is 2.34 bits per heavy atom. The lowest BCUT2D eigenvalue weighted by molar-refractivity contribution is 0.0600. The second-order valence-electron chi connectivity index (χ2n) is 6.11. The molecule has 3 rings (SSSR count). The van der Waals surface area contributed by atoms with E-state index in [1.165, 1.54) is 25.3 Å². The molecule has 0 spiro atoms. The van der Waals surface area contributed by atoms with Crippen molar-refractivity contribution in [1.29, 1.82) is 0 Å². The summed E-state index contributed by atoms with van der Waals surface area (Å²) in [7, 11) is -2.48. The van der Waals surface area contributed by atoms with E-state index in [1.807, 2.05) is 18.2 Å². The van der Waals surface area contributed by atoms with E-state index in [2.05, 4.69) is 9.46 Å². The van der Waals surface area contributed by atoms with Gasteiger partial charge in [-0.05, 0) is 48.0 Å². The topological polar surface area (TPSA) is 81.7 Å². The zero-order chi connectivity index (χ0) is 20.9. The van der Waals surface area contributed by atoms with Crippen LogP contribution in [0.5, 0.6) is 11.5 Å². The van der Waals surface area contributed by atoms with E-state index in [0.717, 1.165) is 0 Å². The van der Waals surface area contributed by atoms with Gasteiger partial charge in [-0.15, -0.1) is 0 Å². The SMILES string of the molecule is COC(=O)c1ccc(CS(=O)(=O)Nc2cc(Cl)ccc2Oc2ccccc2)cc1. The first kappa shape index (κ1) is 20.7. The molecule has 0 saturated carbocycles. The van der Waals surface area contributed by atoms with E-state index in [9.17, 15) is 13.2 Å². The molecule has 0 aromatic heterocycles. The smallest absolute Gasteiger partial charge is 0.337 e. The molecule has 0 amide bonds. The molecule has 0 unspecified atom stereocenters. The number of para-hydroxylation sites is 1. The van der Waals surface area contributed by atoms with E-state index < -0.39 is 16.0 Å². The van der Waals surface area contributed by atoms with Crippen LogP contribution in [0.1, 0.15) is 15.9 Å². The molecule has 1 N–H and O–H groups in total. The van der Waals surface area contributed by atoms with Crippen LogP contribution in [0.25, 0.3) is 0 Å². The highest BCUT2D eigenvalue weighted by Gasteiger charge is 2.16. The number of benzene rings is 3. The highest BCUT2D eigenvalue weighted by molar-refractivity contribution is 7.91. The number of carbonyl (C=O) groups excluding carboxylic acids is 1. The van der Waals surface area contributed by atoms with Crippen LogP contribution in [0, 0.1) is 0 Å². The van der Waals surface area contributed by atoms with Crippen molar-refractivity contribution in [3.05, 3.63) is 88.9 Å². The van der Waals surface area contributed by atoms with E-state index in [0.29, 0.717) is 27.6 Å². The van der Waals surface area contributed by atoms with Crippen molar-refractivity contribution in [2.45, 2.75) is 5.75 Å². The van der Waals surface area contributed by atoms with Gasteiger partial charge in [0.1, 0.15) is 5.75 Å². The molecule has 0 atom stereocenters. The Morgan fingerprint density at radius 2 is 1.69 bits per heavy atom. The summed E-state index contributed by atoms with van der Waals surface area (Å²) in [6, 6.07) is 19.8. The maximum absolute atomic E-state index is 12.7. The van der Waals surface area contributed by atoms with E-state index in [-0.39, 0.29) is 11.4 Å². The van der Waals surface area contributed by atoms with Crippen LogP contribution in [0.3, 0.4) is 0 Å². The first-order valence-electron chi connectivity index (χ1n) is 8.56. The highest BCUT2D eigenvalue weighted by atomic mass is 35.5. The third kappa shape index (κ3) is 5.73. The van der Waals surface area contributed by atoms with Crippen molar-refractivity contribution in [3.8, 4) is 11.5 Å². The second-order valence-corrected chi connectivity index (χ2v) is 8.26. The van der Waals surface area contributed by atoms with Crippen molar-refractivity contribution < 1.29 is 22.7 Å². The Labute approximate surface area is 174 Å². The molecule has 3 aromatic rings. The van der Waals surface area contributed by atoms with Crippen LogP contribution in [0.4, 0.5) is 5.69 Å². The van der Waals surface area contributed by atoms with E-state index in [1.54, 1.807) is 36.4 Å². The third-order valence-electron chi connectivity index (χ3n) is 3.91. The average molecular weight is 432 g/mol. The summed E-state index contributed by atoms with van der Waals surface area (Å²) in [5.41, 5.74) is 1.08. The van der Waals surface area contributed by atoms with Crippen molar-refractivity contribution >= 4 is 33.3 Å². The Kier molecular flexibility index (Phi) is 6.41. The molecule has 0 fully saturated rings. The van der Waals surface area contributed by atoms with Gasteiger partial charge in [-0.25, -0.2) is 13.2 Å². The summed E-state index contributed by atoms with van der Waals surface area (Å²) in [6.07, 6.45) is 0. The molecule has 3 aromatic carbocycles. The summed E-state index contributed by atoms with van der Waals surface area (Å²) in [4.78, 5) is 11.5. The van der Waals surface area contributed by atoms with Crippen molar-refractivity contribution in [1.82, 2.24) is 0 Å². The fraction of sp³-hybridized carbons (Fsp3) is 0.0952. The van der Waals surface area contributed by atoms with Crippen LogP contribution >= 0.6 is 11.6 Å². The summed E-state index contributed by atoms with van der Waals surface area (Å²) >= 11 is 6.04. The maximum atomic E-state index is 12.7. The summed E-state index contributed by atoms with van der Waals surface area (Å²) in [5.74, 6) is 0.115. The van der Waals surface area contributed by atoms with Crippen molar-refractivity contribution in [2.24, 2.45) is 0 Å². The Balaban J connectivity index is 1.79. The van der Waals surface area contributed by atoms with Crippen LogP contribution in [0.15, 0.2) is 72.8 Å². The molecule has 0 bridgehead atoms. The molecule has 0 aliphatic rings. The molecular formula is C21H18ClNO5S. The van der Waals surface area contributed by atoms with Gasteiger partial charge in [-0.1, -0.05) is 41.9 Å². The van der Waals surface area contributed by atoms with Gasteiger partial charge in [0.25, 0.3) is 0 Å². The van der Waals surface area contributed by atoms with Gasteiger partial charge in [0.2, 0.25) is 10.0 Å². The van der Waals surface area contributed by atoms with E-state index in [4.69, 9.17) is 16.3 Å².